The summed E-state index contributed by atoms with van der Waals surface area (Å²) in [5.41, 5.74) is 1.96. The van der Waals surface area contributed by atoms with E-state index in [4.69, 9.17) is 5.11 Å². The number of hydrogen-bond donors (Lipinski definition) is 2. The summed E-state index contributed by atoms with van der Waals surface area (Å²) in [7, 11) is 0. The maximum atomic E-state index is 12.0. The van der Waals surface area contributed by atoms with Gasteiger partial charge in [-0.15, -0.1) is 11.3 Å². The van der Waals surface area contributed by atoms with Crippen molar-refractivity contribution < 1.29 is 14.7 Å². The van der Waals surface area contributed by atoms with E-state index in [1.165, 1.54) is 11.3 Å². The molecule has 2 N–H and O–H groups in total. The van der Waals surface area contributed by atoms with Gasteiger partial charge in [0.2, 0.25) is 5.91 Å². The molecule has 7 heteroatoms. The number of rotatable bonds is 6. The summed E-state index contributed by atoms with van der Waals surface area (Å²) in [5.74, 6) is -1.02. The third kappa shape index (κ3) is 3.94. The lowest BCUT2D eigenvalue weighted by Gasteiger charge is -2.14. The molecular formula is C15H19N3O3S. The second kappa shape index (κ2) is 6.74. The lowest BCUT2D eigenvalue weighted by Crippen LogP contribution is -2.25. The van der Waals surface area contributed by atoms with E-state index in [0.29, 0.717) is 13.0 Å². The number of nitrogens with one attached hydrogen (secondary N) is 1. The number of carboxylic acids is 1. The van der Waals surface area contributed by atoms with Crippen LogP contribution in [0, 0.1) is 13.8 Å². The Balaban J connectivity index is 1.87. The summed E-state index contributed by atoms with van der Waals surface area (Å²) in [4.78, 5) is 23.9. The fourth-order valence-electron chi connectivity index (χ4n) is 2.29. The van der Waals surface area contributed by atoms with E-state index in [9.17, 15) is 9.59 Å². The lowest BCUT2D eigenvalue weighted by atomic mass is 10.2. The van der Waals surface area contributed by atoms with Gasteiger partial charge in [-0.2, -0.15) is 5.10 Å². The van der Waals surface area contributed by atoms with E-state index in [1.807, 2.05) is 31.5 Å². The topological polar surface area (TPSA) is 84.2 Å². The number of nitrogens with zero attached hydrogens (tertiary/aromatic N) is 2. The number of aromatic nitrogens is 2. The molecule has 0 radical (unpaired) electrons. The van der Waals surface area contributed by atoms with Gasteiger partial charge in [0, 0.05) is 17.0 Å². The van der Waals surface area contributed by atoms with Crippen molar-refractivity contribution in [1.82, 2.24) is 15.1 Å². The number of aromatic carboxylic acids is 1. The summed E-state index contributed by atoms with van der Waals surface area (Å²) in [6.07, 6.45) is 0.332. The third-order valence-corrected chi connectivity index (χ3v) is 4.35. The Bertz CT molecular complexity index is 690. The Labute approximate surface area is 132 Å². The maximum Gasteiger partial charge on any atom is 0.345 e. The molecule has 1 amide bonds. The molecular weight excluding hydrogens is 302 g/mol. The monoisotopic (exact) mass is 321 g/mol. The van der Waals surface area contributed by atoms with Crippen molar-refractivity contribution in [3.05, 3.63) is 39.3 Å². The smallest absolute Gasteiger partial charge is 0.345 e. The zero-order chi connectivity index (χ0) is 16.3. The van der Waals surface area contributed by atoms with Gasteiger partial charge in [0.05, 0.1) is 18.3 Å². The van der Waals surface area contributed by atoms with Crippen LogP contribution < -0.4 is 5.32 Å². The quantitative estimate of drug-likeness (QED) is 0.856. The molecule has 1 unspecified atom stereocenters. The van der Waals surface area contributed by atoms with Crippen molar-refractivity contribution in [3.8, 4) is 0 Å². The Morgan fingerprint density at radius 3 is 2.68 bits per heavy atom. The predicted octanol–water partition coefficient (Wildman–Crippen LogP) is 2.53. The second-order valence-corrected chi connectivity index (χ2v) is 6.44. The zero-order valence-electron chi connectivity index (χ0n) is 12.8. The highest BCUT2D eigenvalue weighted by Crippen LogP contribution is 2.17. The maximum absolute atomic E-state index is 12.0. The molecule has 22 heavy (non-hydrogen) atoms. The molecule has 0 aromatic carbocycles. The molecule has 2 aromatic heterocycles. The molecule has 2 rings (SSSR count). The van der Waals surface area contributed by atoms with Crippen LogP contribution in [0.4, 0.5) is 0 Å². The third-order valence-electron chi connectivity index (χ3n) is 3.28. The Kier molecular flexibility index (Phi) is 4.97. The van der Waals surface area contributed by atoms with Crippen LogP contribution in [0.1, 0.15) is 45.3 Å². The fraction of sp³-hybridized carbons (Fsp3) is 0.400. The minimum absolute atomic E-state index is 0.0217. The van der Waals surface area contributed by atoms with Crippen LogP contribution in [-0.2, 0) is 11.3 Å². The molecule has 0 bridgehead atoms. The van der Waals surface area contributed by atoms with Crippen molar-refractivity contribution in [1.29, 1.82) is 0 Å². The molecule has 0 saturated heterocycles. The highest BCUT2D eigenvalue weighted by atomic mass is 32.1. The first-order chi connectivity index (χ1) is 10.4. The van der Waals surface area contributed by atoms with Gasteiger partial charge in [-0.25, -0.2) is 4.79 Å². The normalized spacial score (nSPS) is 12.1. The SMILES string of the molecule is Cc1cc(C)n(C(C)CC(=O)NCc2ccc(C(=O)O)s2)n1. The molecule has 2 aromatic rings. The predicted molar refractivity (Wildman–Crippen MR) is 84.2 cm³/mol. The van der Waals surface area contributed by atoms with Crippen molar-refractivity contribution in [2.75, 3.05) is 0 Å². The summed E-state index contributed by atoms with van der Waals surface area (Å²) < 4.78 is 1.85. The van der Waals surface area contributed by atoms with E-state index < -0.39 is 5.97 Å². The van der Waals surface area contributed by atoms with Crippen LogP contribution in [0.15, 0.2) is 18.2 Å². The number of carbonyl (C=O) groups is 2. The lowest BCUT2D eigenvalue weighted by molar-refractivity contribution is -0.122. The molecule has 6 nitrogen and oxygen atoms in total. The number of amides is 1. The largest absolute Gasteiger partial charge is 0.477 e. The van der Waals surface area contributed by atoms with Crippen molar-refractivity contribution in [2.24, 2.45) is 0 Å². The summed E-state index contributed by atoms with van der Waals surface area (Å²) in [6.45, 7) is 6.19. The Hall–Kier alpha value is -2.15. The molecule has 0 aliphatic heterocycles. The summed E-state index contributed by atoms with van der Waals surface area (Å²) >= 11 is 1.17. The fourth-order valence-corrected chi connectivity index (χ4v) is 3.08. The van der Waals surface area contributed by atoms with Gasteiger partial charge in [0.1, 0.15) is 4.88 Å². The van der Waals surface area contributed by atoms with E-state index in [0.717, 1.165) is 16.3 Å². The number of thiophene rings is 1. The zero-order valence-corrected chi connectivity index (χ0v) is 13.6. The molecule has 1 atom stereocenters. The minimum atomic E-state index is -0.944. The molecule has 0 saturated carbocycles. The molecule has 0 spiro atoms. The van der Waals surface area contributed by atoms with E-state index in [-0.39, 0.29) is 16.8 Å². The number of carboxylic acid groups (broad SMARTS) is 1. The van der Waals surface area contributed by atoms with Gasteiger partial charge in [-0.3, -0.25) is 9.48 Å². The van der Waals surface area contributed by atoms with E-state index in [2.05, 4.69) is 10.4 Å². The molecule has 2 heterocycles. The molecule has 0 aliphatic carbocycles. The average molecular weight is 321 g/mol. The molecule has 0 fully saturated rings. The Morgan fingerprint density at radius 2 is 2.14 bits per heavy atom. The van der Waals surface area contributed by atoms with Crippen LogP contribution in [-0.4, -0.2) is 26.8 Å². The van der Waals surface area contributed by atoms with Crippen LogP contribution >= 0.6 is 11.3 Å². The first-order valence-electron chi connectivity index (χ1n) is 6.98. The van der Waals surface area contributed by atoms with E-state index >= 15 is 0 Å². The molecule has 0 aliphatic rings. The van der Waals surface area contributed by atoms with Gasteiger partial charge in [-0.1, -0.05) is 0 Å². The highest BCUT2D eigenvalue weighted by molar-refractivity contribution is 7.13. The van der Waals surface area contributed by atoms with Gasteiger partial charge in [0.15, 0.2) is 0 Å². The van der Waals surface area contributed by atoms with Gasteiger partial charge in [0.25, 0.3) is 0 Å². The second-order valence-electron chi connectivity index (χ2n) is 5.27. The summed E-state index contributed by atoms with van der Waals surface area (Å²) in [6, 6.07) is 5.23. The number of carbonyl (C=O) groups excluding carboxylic acids is 1. The number of aryl methyl sites for hydroxylation is 2. The summed E-state index contributed by atoms with van der Waals surface area (Å²) in [5, 5.41) is 16.1. The van der Waals surface area contributed by atoms with Crippen LogP contribution in [0.2, 0.25) is 0 Å². The highest BCUT2D eigenvalue weighted by Gasteiger charge is 2.14. The van der Waals surface area contributed by atoms with Gasteiger partial charge < -0.3 is 10.4 Å². The van der Waals surface area contributed by atoms with Gasteiger partial charge in [-0.05, 0) is 39.0 Å². The van der Waals surface area contributed by atoms with Crippen molar-refractivity contribution in [3.63, 3.8) is 0 Å². The standard InChI is InChI=1S/C15H19N3O3S/c1-9-6-10(2)18(17-9)11(3)7-14(19)16-8-12-4-5-13(22-12)15(20)21/h4-6,11H,7-8H2,1-3H3,(H,16,19)(H,20,21). The van der Waals surface area contributed by atoms with Crippen LogP contribution in [0.5, 0.6) is 0 Å². The number of hydrogen-bond acceptors (Lipinski definition) is 4. The van der Waals surface area contributed by atoms with Crippen LogP contribution in [0.3, 0.4) is 0 Å². The van der Waals surface area contributed by atoms with Gasteiger partial charge >= 0.3 is 5.97 Å². The minimum Gasteiger partial charge on any atom is -0.477 e. The Morgan fingerprint density at radius 1 is 1.41 bits per heavy atom. The van der Waals surface area contributed by atoms with E-state index in [1.54, 1.807) is 12.1 Å². The van der Waals surface area contributed by atoms with Crippen molar-refractivity contribution in [2.45, 2.75) is 39.8 Å². The van der Waals surface area contributed by atoms with Crippen molar-refractivity contribution >= 4 is 23.2 Å². The first kappa shape index (κ1) is 16.2. The first-order valence-corrected chi connectivity index (χ1v) is 7.80. The molecule has 118 valence electrons. The average Bonchev–Trinajstić information content (AvgIpc) is 3.03. The van der Waals surface area contributed by atoms with Crippen LogP contribution in [0.25, 0.3) is 0 Å².